The van der Waals surface area contributed by atoms with Crippen LogP contribution in [-0.2, 0) is 9.47 Å². The molecule has 1 aliphatic carbocycles. The summed E-state index contributed by atoms with van der Waals surface area (Å²) < 4.78 is 12.2. The van der Waals surface area contributed by atoms with E-state index in [0.29, 0.717) is 17.8 Å². The Balaban J connectivity index is 1.98. The summed E-state index contributed by atoms with van der Waals surface area (Å²) in [5.74, 6) is 1.72. The van der Waals surface area contributed by atoms with Gasteiger partial charge < -0.3 is 9.47 Å². The molecule has 0 amide bonds. The first-order valence-electron chi connectivity index (χ1n) is 7.86. The minimum Gasteiger partial charge on any atom is -0.352 e. The topological polar surface area (TPSA) is 18.5 Å². The monoisotopic (exact) mass is 266 g/mol. The van der Waals surface area contributed by atoms with Crippen LogP contribution in [0.4, 0.5) is 0 Å². The van der Waals surface area contributed by atoms with Crippen LogP contribution < -0.4 is 0 Å². The molecule has 1 heterocycles. The van der Waals surface area contributed by atoms with Gasteiger partial charge in [0.1, 0.15) is 0 Å². The van der Waals surface area contributed by atoms with Gasteiger partial charge in [-0.25, -0.2) is 0 Å². The second-order valence-electron chi connectivity index (χ2n) is 7.18. The zero-order chi connectivity index (χ0) is 14.0. The van der Waals surface area contributed by atoms with E-state index >= 15 is 0 Å². The second kappa shape index (κ2) is 5.97. The summed E-state index contributed by atoms with van der Waals surface area (Å²) in [6.45, 7) is 13.1. The lowest BCUT2D eigenvalue weighted by atomic mass is 9.74. The lowest BCUT2D eigenvalue weighted by Crippen LogP contribution is -2.46. The fourth-order valence-electron chi connectivity index (χ4n) is 3.93. The zero-order valence-electron chi connectivity index (χ0n) is 13.2. The molecule has 110 valence electrons. The van der Waals surface area contributed by atoms with Crippen LogP contribution in [0.25, 0.3) is 0 Å². The van der Waals surface area contributed by atoms with E-state index in [4.69, 9.17) is 9.47 Å². The van der Waals surface area contributed by atoms with E-state index in [0.717, 1.165) is 13.2 Å². The summed E-state index contributed by atoms with van der Waals surface area (Å²) in [5.41, 5.74) is 1.74. The first-order valence-corrected chi connectivity index (χ1v) is 7.86. The van der Waals surface area contributed by atoms with Crippen molar-refractivity contribution in [3.8, 4) is 0 Å². The second-order valence-corrected chi connectivity index (χ2v) is 7.18. The van der Waals surface area contributed by atoms with Gasteiger partial charge in [-0.15, -0.1) is 0 Å². The van der Waals surface area contributed by atoms with E-state index in [1.54, 1.807) is 0 Å². The van der Waals surface area contributed by atoms with E-state index in [9.17, 15) is 0 Å². The molecule has 2 aliphatic rings. The van der Waals surface area contributed by atoms with Crippen molar-refractivity contribution in [2.24, 2.45) is 23.2 Å². The highest BCUT2D eigenvalue weighted by Crippen LogP contribution is 2.40. The van der Waals surface area contributed by atoms with Gasteiger partial charge in [0, 0.05) is 11.3 Å². The molecule has 0 bridgehead atoms. The van der Waals surface area contributed by atoms with Crippen LogP contribution in [0.2, 0.25) is 0 Å². The summed E-state index contributed by atoms with van der Waals surface area (Å²) in [5, 5.41) is 0. The van der Waals surface area contributed by atoms with Gasteiger partial charge >= 0.3 is 0 Å². The molecule has 2 heteroatoms. The Labute approximate surface area is 118 Å². The smallest absolute Gasteiger partial charge is 0.161 e. The zero-order valence-corrected chi connectivity index (χ0v) is 13.2. The predicted molar refractivity (Wildman–Crippen MR) is 78.9 cm³/mol. The first kappa shape index (κ1) is 15.1. The van der Waals surface area contributed by atoms with Gasteiger partial charge in [0.2, 0.25) is 0 Å². The Morgan fingerprint density at radius 1 is 1.26 bits per heavy atom. The van der Waals surface area contributed by atoms with Crippen LogP contribution in [0.3, 0.4) is 0 Å². The van der Waals surface area contributed by atoms with Crippen molar-refractivity contribution >= 4 is 0 Å². The van der Waals surface area contributed by atoms with Crippen molar-refractivity contribution in [1.82, 2.24) is 0 Å². The third kappa shape index (κ3) is 3.41. The van der Waals surface area contributed by atoms with Crippen LogP contribution >= 0.6 is 0 Å². The lowest BCUT2D eigenvalue weighted by Gasteiger charge is -2.44. The molecule has 19 heavy (non-hydrogen) atoms. The van der Waals surface area contributed by atoms with Gasteiger partial charge in [-0.05, 0) is 31.6 Å². The van der Waals surface area contributed by atoms with Gasteiger partial charge in [-0.2, -0.15) is 0 Å². The molecule has 0 radical (unpaired) electrons. The Bertz CT molecular complexity index is 326. The van der Waals surface area contributed by atoms with E-state index in [1.807, 2.05) is 0 Å². The highest BCUT2D eigenvalue weighted by atomic mass is 16.7. The van der Waals surface area contributed by atoms with E-state index in [-0.39, 0.29) is 11.7 Å². The fourth-order valence-corrected chi connectivity index (χ4v) is 3.93. The fraction of sp³-hybridized carbons (Fsp3) is 0.882. The average Bonchev–Trinajstić information content (AvgIpc) is 2.31. The highest BCUT2D eigenvalue weighted by molar-refractivity contribution is 5.08. The molecule has 0 aromatic heterocycles. The standard InChI is InChI=1S/C17H30O2/c1-6-7-17(5)10-18-16(19-11-17)15-13(3)8-12(2)9-14(15)4/h8,13-16H,6-7,9-11H2,1-5H3. The largest absolute Gasteiger partial charge is 0.352 e. The maximum absolute atomic E-state index is 6.11. The van der Waals surface area contributed by atoms with Crippen molar-refractivity contribution in [2.75, 3.05) is 13.2 Å². The summed E-state index contributed by atoms with van der Waals surface area (Å²) in [4.78, 5) is 0. The van der Waals surface area contributed by atoms with E-state index in [2.05, 4.69) is 40.7 Å². The molecule has 0 saturated carbocycles. The minimum absolute atomic E-state index is 0.000666. The number of rotatable bonds is 3. The summed E-state index contributed by atoms with van der Waals surface area (Å²) >= 11 is 0. The molecule has 0 N–H and O–H groups in total. The SMILES string of the molecule is CCCC1(C)COC(C2C(C)C=C(C)CC2C)OC1. The summed E-state index contributed by atoms with van der Waals surface area (Å²) in [6, 6.07) is 0. The average molecular weight is 266 g/mol. The molecule has 2 nitrogen and oxygen atoms in total. The van der Waals surface area contributed by atoms with Gasteiger partial charge in [-0.1, -0.05) is 45.8 Å². The number of allylic oxidation sites excluding steroid dienone is 2. The number of hydrogen-bond donors (Lipinski definition) is 0. The molecular weight excluding hydrogens is 236 g/mol. The molecule has 1 saturated heterocycles. The Kier molecular flexibility index (Phi) is 4.73. The number of hydrogen-bond acceptors (Lipinski definition) is 2. The third-order valence-corrected chi connectivity index (χ3v) is 4.82. The van der Waals surface area contributed by atoms with Crippen molar-refractivity contribution in [2.45, 2.75) is 60.2 Å². The maximum atomic E-state index is 6.11. The van der Waals surface area contributed by atoms with Crippen LogP contribution in [0.15, 0.2) is 11.6 Å². The van der Waals surface area contributed by atoms with E-state index in [1.165, 1.54) is 24.8 Å². The molecule has 1 fully saturated rings. The lowest BCUT2D eigenvalue weighted by molar-refractivity contribution is -0.259. The van der Waals surface area contributed by atoms with Gasteiger partial charge in [0.25, 0.3) is 0 Å². The molecule has 3 unspecified atom stereocenters. The van der Waals surface area contributed by atoms with Crippen molar-refractivity contribution in [3.05, 3.63) is 11.6 Å². The van der Waals surface area contributed by atoms with Crippen LogP contribution in [0, 0.1) is 23.2 Å². The quantitative estimate of drug-likeness (QED) is 0.705. The van der Waals surface area contributed by atoms with E-state index < -0.39 is 0 Å². The van der Waals surface area contributed by atoms with Crippen molar-refractivity contribution in [1.29, 1.82) is 0 Å². The van der Waals surface area contributed by atoms with Crippen LogP contribution in [0.1, 0.15) is 53.9 Å². The molecular formula is C17H30O2. The predicted octanol–water partition coefficient (Wildman–Crippen LogP) is 4.40. The summed E-state index contributed by atoms with van der Waals surface area (Å²) in [6.07, 6.45) is 5.97. The summed E-state index contributed by atoms with van der Waals surface area (Å²) in [7, 11) is 0. The molecule has 3 atom stereocenters. The van der Waals surface area contributed by atoms with Gasteiger partial charge in [0.05, 0.1) is 13.2 Å². The third-order valence-electron chi connectivity index (χ3n) is 4.82. The van der Waals surface area contributed by atoms with Crippen molar-refractivity contribution < 1.29 is 9.47 Å². The minimum atomic E-state index is -0.000666. The molecule has 0 aromatic carbocycles. The molecule has 0 aromatic rings. The Morgan fingerprint density at radius 3 is 2.42 bits per heavy atom. The Morgan fingerprint density at radius 2 is 1.89 bits per heavy atom. The van der Waals surface area contributed by atoms with Crippen LogP contribution in [0.5, 0.6) is 0 Å². The molecule has 2 rings (SSSR count). The van der Waals surface area contributed by atoms with Crippen LogP contribution in [-0.4, -0.2) is 19.5 Å². The van der Waals surface area contributed by atoms with Crippen molar-refractivity contribution in [3.63, 3.8) is 0 Å². The normalized spacial score (nSPS) is 43.9. The number of ether oxygens (including phenoxy) is 2. The maximum Gasteiger partial charge on any atom is 0.161 e. The van der Waals surface area contributed by atoms with Gasteiger partial charge in [-0.3, -0.25) is 0 Å². The Hall–Kier alpha value is -0.340. The van der Waals surface area contributed by atoms with Gasteiger partial charge in [0.15, 0.2) is 6.29 Å². The molecule has 1 aliphatic heterocycles. The first-order chi connectivity index (χ1) is 8.95. The molecule has 0 spiro atoms. The highest BCUT2D eigenvalue weighted by Gasteiger charge is 2.40.